The molecule has 0 aromatic carbocycles. The molecule has 2 fully saturated rings. The Kier molecular flexibility index (Phi) is 3.61. The maximum atomic E-state index is 12.2. The first kappa shape index (κ1) is 14.3. The molecule has 0 amide bonds. The van der Waals surface area contributed by atoms with E-state index in [9.17, 15) is 9.90 Å². The van der Waals surface area contributed by atoms with E-state index in [1.54, 1.807) is 12.1 Å². The van der Waals surface area contributed by atoms with Gasteiger partial charge in [0.05, 0.1) is 18.2 Å². The summed E-state index contributed by atoms with van der Waals surface area (Å²) in [6.45, 7) is 4.09. The predicted octanol–water partition coefficient (Wildman–Crippen LogP) is 1.87. The highest BCUT2D eigenvalue weighted by Crippen LogP contribution is 2.49. The summed E-state index contributed by atoms with van der Waals surface area (Å²) in [6, 6.07) is 3.48. The van der Waals surface area contributed by atoms with Crippen LogP contribution >= 0.6 is 0 Å². The molecule has 1 N–H and O–H groups in total. The zero-order valence-corrected chi connectivity index (χ0v) is 12.6. The number of carbonyl (C=O) groups is 1. The van der Waals surface area contributed by atoms with E-state index in [4.69, 9.17) is 4.74 Å². The normalized spacial score (nSPS) is 28.6. The standard InChI is InChI=1S/C16H22N2O3/c1-11-5-6-14(19)13(17-11)9-18-8-12-4-3-7-16(12,10-18)15(20)21-2/h5-6,12,19H,3-4,7-10H2,1-2H3/t12-,16+/m1/s1. The van der Waals surface area contributed by atoms with Crippen LogP contribution in [0.1, 0.15) is 30.7 Å². The van der Waals surface area contributed by atoms with Crippen molar-refractivity contribution in [3.8, 4) is 5.75 Å². The van der Waals surface area contributed by atoms with Crippen LogP contribution in [0.25, 0.3) is 0 Å². The monoisotopic (exact) mass is 290 g/mol. The minimum Gasteiger partial charge on any atom is -0.506 e. The summed E-state index contributed by atoms with van der Waals surface area (Å²) in [4.78, 5) is 18.9. The number of nitrogens with zero attached hydrogens (tertiary/aromatic N) is 2. The molecule has 3 rings (SSSR count). The highest BCUT2D eigenvalue weighted by molar-refractivity contribution is 5.78. The van der Waals surface area contributed by atoms with Gasteiger partial charge >= 0.3 is 5.97 Å². The summed E-state index contributed by atoms with van der Waals surface area (Å²) in [5, 5.41) is 9.94. The van der Waals surface area contributed by atoms with Gasteiger partial charge in [0.2, 0.25) is 0 Å². The van der Waals surface area contributed by atoms with Gasteiger partial charge in [-0.2, -0.15) is 0 Å². The molecule has 0 unspecified atom stereocenters. The van der Waals surface area contributed by atoms with Gasteiger partial charge in [-0.3, -0.25) is 14.7 Å². The number of rotatable bonds is 3. The quantitative estimate of drug-likeness (QED) is 0.861. The Hall–Kier alpha value is -1.62. The van der Waals surface area contributed by atoms with Crippen LogP contribution in [0.3, 0.4) is 0 Å². The summed E-state index contributed by atoms with van der Waals surface area (Å²) in [7, 11) is 1.48. The second-order valence-corrected chi connectivity index (χ2v) is 6.32. The molecule has 1 saturated heterocycles. The number of aryl methyl sites for hydroxylation is 1. The van der Waals surface area contributed by atoms with Crippen molar-refractivity contribution in [3.05, 3.63) is 23.5 Å². The first-order valence-electron chi connectivity index (χ1n) is 7.51. The molecular formula is C16H22N2O3. The first-order chi connectivity index (χ1) is 10.0. The number of hydrogen-bond donors (Lipinski definition) is 1. The summed E-state index contributed by atoms with van der Waals surface area (Å²) in [5.41, 5.74) is 1.24. The zero-order chi connectivity index (χ0) is 15.0. The number of esters is 1. The Morgan fingerprint density at radius 1 is 1.57 bits per heavy atom. The van der Waals surface area contributed by atoms with Gasteiger partial charge in [-0.15, -0.1) is 0 Å². The van der Waals surface area contributed by atoms with Gasteiger partial charge < -0.3 is 9.84 Å². The zero-order valence-electron chi connectivity index (χ0n) is 12.6. The molecule has 1 saturated carbocycles. The van der Waals surface area contributed by atoms with E-state index in [1.165, 1.54) is 7.11 Å². The second kappa shape index (κ2) is 5.30. The lowest BCUT2D eigenvalue weighted by atomic mass is 9.81. The van der Waals surface area contributed by atoms with E-state index >= 15 is 0 Å². The van der Waals surface area contributed by atoms with E-state index in [0.717, 1.165) is 31.5 Å². The Morgan fingerprint density at radius 3 is 3.14 bits per heavy atom. The smallest absolute Gasteiger partial charge is 0.313 e. The lowest BCUT2D eigenvalue weighted by Gasteiger charge is -2.25. The maximum absolute atomic E-state index is 12.2. The van der Waals surface area contributed by atoms with Crippen molar-refractivity contribution in [2.45, 2.75) is 32.7 Å². The van der Waals surface area contributed by atoms with Gasteiger partial charge in [0.1, 0.15) is 5.75 Å². The highest BCUT2D eigenvalue weighted by Gasteiger charge is 2.55. The molecule has 114 valence electrons. The molecule has 0 bridgehead atoms. The topological polar surface area (TPSA) is 62.7 Å². The summed E-state index contributed by atoms with van der Waals surface area (Å²) in [5.74, 6) is 0.524. The third kappa shape index (κ3) is 2.39. The minimum absolute atomic E-state index is 0.0751. The van der Waals surface area contributed by atoms with Crippen LogP contribution in [0.5, 0.6) is 5.75 Å². The Labute approximate surface area is 124 Å². The van der Waals surface area contributed by atoms with Crippen LogP contribution < -0.4 is 0 Å². The molecule has 0 radical (unpaired) electrons. The Morgan fingerprint density at radius 2 is 2.38 bits per heavy atom. The molecular weight excluding hydrogens is 268 g/mol. The number of ether oxygens (including phenoxy) is 1. The van der Waals surface area contributed by atoms with Crippen molar-refractivity contribution in [3.63, 3.8) is 0 Å². The van der Waals surface area contributed by atoms with Crippen molar-refractivity contribution < 1.29 is 14.6 Å². The van der Waals surface area contributed by atoms with Gasteiger partial charge in [-0.05, 0) is 37.8 Å². The Bertz CT molecular complexity index is 560. The molecule has 0 spiro atoms. The van der Waals surface area contributed by atoms with Gasteiger partial charge in [0.15, 0.2) is 0 Å². The lowest BCUT2D eigenvalue weighted by molar-refractivity contribution is -0.153. The van der Waals surface area contributed by atoms with Gasteiger partial charge in [0, 0.05) is 25.3 Å². The first-order valence-corrected chi connectivity index (χ1v) is 7.51. The van der Waals surface area contributed by atoms with Crippen LogP contribution in [-0.2, 0) is 16.1 Å². The fraction of sp³-hybridized carbons (Fsp3) is 0.625. The fourth-order valence-corrected chi connectivity index (χ4v) is 3.98. The van der Waals surface area contributed by atoms with E-state index < -0.39 is 0 Å². The number of aromatic hydroxyl groups is 1. The van der Waals surface area contributed by atoms with Crippen molar-refractivity contribution in [1.29, 1.82) is 0 Å². The van der Waals surface area contributed by atoms with Crippen molar-refractivity contribution in [1.82, 2.24) is 9.88 Å². The third-order valence-corrected chi connectivity index (χ3v) is 5.00. The van der Waals surface area contributed by atoms with Gasteiger partial charge in [-0.1, -0.05) is 6.42 Å². The van der Waals surface area contributed by atoms with E-state index in [2.05, 4.69) is 9.88 Å². The fourth-order valence-electron chi connectivity index (χ4n) is 3.98. The van der Waals surface area contributed by atoms with Crippen LogP contribution in [0.4, 0.5) is 0 Å². The van der Waals surface area contributed by atoms with E-state index in [1.807, 2.05) is 6.92 Å². The third-order valence-electron chi connectivity index (χ3n) is 5.00. The van der Waals surface area contributed by atoms with Crippen LogP contribution in [-0.4, -0.2) is 41.2 Å². The summed E-state index contributed by atoms with van der Waals surface area (Å²) in [6.07, 6.45) is 3.09. The summed E-state index contributed by atoms with van der Waals surface area (Å²) < 4.78 is 5.05. The van der Waals surface area contributed by atoms with E-state index in [-0.39, 0.29) is 17.1 Å². The average Bonchev–Trinajstić information content (AvgIpc) is 2.99. The largest absolute Gasteiger partial charge is 0.506 e. The number of pyridine rings is 1. The second-order valence-electron chi connectivity index (χ2n) is 6.32. The Balaban J connectivity index is 1.78. The summed E-state index contributed by atoms with van der Waals surface area (Å²) >= 11 is 0. The number of hydrogen-bond acceptors (Lipinski definition) is 5. The van der Waals surface area contributed by atoms with E-state index in [0.29, 0.717) is 24.7 Å². The van der Waals surface area contributed by atoms with Gasteiger partial charge in [0.25, 0.3) is 0 Å². The van der Waals surface area contributed by atoms with Crippen LogP contribution in [0, 0.1) is 18.3 Å². The molecule has 1 aliphatic heterocycles. The predicted molar refractivity (Wildman–Crippen MR) is 77.7 cm³/mol. The van der Waals surface area contributed by atoms with Crippen molar-refractivity contribution in [2.24, 2.45) is 11.3 Å². The molecule has 2 atom stereocenters. The molecule has 1 aliphatic carbocycles. The van der Waals surface area contributed by atoms with Crippen LogP contribution in [0.15, 0.2) is 12.1 Å². The highest BCUT2D eigenvalue weighted by atomic mass is 16.5. The number of carbonyl (C=O) groups excluding carboxylic acids is 1. The maximum Gasteiger partial charge on any atom is 0.313 e. The average molecular weight is 290 g/mol. The number of fused-ring (bicyclic) bond motifs is 1. The van der Waals surface area contributed by atoms with Gasteiger partial charge in [-0.25, -0.2) is 0 Å². The SMILES string of the molecule is COC(=O)[C@]12CCC[C@@H]1CN(Cc1nc(C)ccc1O)C2. The minimum atomic E-state index is -0.339. The van der Waals surface area contributed by atoms with Crippen molar-refractivity contribution >= 4 is 5.97 Å². The molecule has 2 heterocycles. The molecule has 1 aromatic heterocycles. The number of aromatic nitrogens is 1. The molecule has 21 heavy (non-hydrogen) atoms. The molecule has 1 aromatic rings. The number of likely N-dealkylation sites (tertiary alicyclic amines) is 1. The lowest BCUT2D eigenvalue weighted by Crippen LogP contribution is -2.36. The number of methoxy groups -OCH3 is 1. The molecule has 5 nitrogen and oxygen atoms in total. The molecule has 2 aliphatic rings. The van der Waals surface area contributed by atoms with Crippen LogP contribution in [0.2, 0.25) is 0 Å². The molecule has 5 heteroatoms. The van der Waals surface area contributed by atoms with Crippen molar-refractivity contribution in [2.75, 3.05) is 20.2 Å².